The molecule has 1 fully saturated rings. The Bertz CT molecular complexity index is 867. The third kappa shape index (κ3) is 12.3. The number of carbonyl (C=O) groups is 5. The topological polar surface area (TPSA) is 160 Å². The Morgan fingerprint density at radius 2 is 1.23 bits per heavy atom. The summed E-state index contributed by atoms with van der Waals surface area (Å²) in [4.78, 5) is 66.0. The van der Waals surface area contributed by atoms with E-state index in [9.17, 15) is 24.0 Å². The van der Waals surface area contributed by atoms with Crippen LogP contribution < -0.4 is 21.7 Å². The molecule has 1 aliphatic rings. The van der Waals surface area contributed by atoms with Crippen LogP contribution in [0.1, 0.15) is 94.4 Å². The van der Waals surface area contributed by atoms with Gasteiger partial charge in [0.05, 0.1) is 0 Å². The Morgan fingerprint density at radius 1 is 0.795 bits per heavy atom. The number of primary amides is 1. The van der Waals surface area contributed by atoms with E-state index in [4.69, 9.17) is 10.5 Å². The van der Waals surface area contributed by atoms with E-state index in [0.29, 0.717) is 38.6 Å². The van der Waals surface area contributed by atoms with Crippen LogP contribution in [0.15, 0.2) is 0 Å². The van der Waals surface area contributed by atoms with Crippen LogP contribution in [0, 0.1) is 17.8 Å². The van der Waals surface area contributed by atoms with Gasteiger partial charge in [-0.3, -0.25) is 19.2 Å². The molecule has 224 valence electrons. The van der Waals surface area contributed by atoms with Gasteiger partial charge in [-0.25, -0.2) is 4.79 Å². The van der Waals surface area contributed by atoms with Gasteiger partial charge in [-0.05, 0) is 70.6 Å². The van der Waals surface area contributed by atoms with E-state index in [1.165, 1.54) is 4.90 Å². The van der Waals surface area contributed by atoms with Gasteiger partial charge in [0.25, 0.3) is 0 Å². The van der Waals surface area contributed by atoms with Gasteiger partial charge >= 0.3 is 6.09 Å². The summed E-state index contributed by atoms with van der Waals surface area (Å²) in [5.74, 6) is -1.69. The summed E-state index contributed by atoms with van der Waals surface area (Å²) >= 11 is 0. The minimum Gasteiger partial charge on any atom is -0.444 e. The Kier molecular flexibility index (Phi) is 13.2. The van der Waals surface area contributed by atoms with Crippen LogP contribution >= 0.6 is 0 Å². The van der Waals surface area contributed by atoms with Crippen molar-refractivity contribution in [2.24, 2.45) is 23.5 Å². The molecule has 0 aromatic carbocycles. The number of likely N-dealkylation sites (tertiary alicyclic amines) is 1. The van der Waals surface area contributed by atoms with Crippen LogP contribution in [0.4, 0.5) is 4.79 Å². The highest BCUT2D eigenvalue weighted by Gasteiger charge is 2.38. The Balaban J connectivity index is 3.11. The summed E-state index contributed by atoms with van der Waals surface area (Å²) in [6, 6.07) is -3.39. The molecule has 11 heteroatoms. The zero-order valence-electron chi connectivity index (χ0n) is 25.3. The molecule has 11 nitrogen and oxygen atoms in total. The zero-order chi connectivity index (χ0) is 30.1. The quantitative estimate of drug-likeness (QED) is 0.274. The highest BCUT2D eigenvalue weighted by molar-refractivity contribution is 5.95. The first-order valence-electron chi connectivity index (χ1n) is 14.1. The van der Waals surface area contributed by atoms with Crippen molar-refractivity contribution < 1.29 is 28.7 Å². The lowest BCUT2D eigenvalue weighted by atomic mass is 9.98. The summed E-state index contributed by atoms with van der Waals surface area (Å²) < 4.78 is 5.32. The molecule has 39 heavy (non-hydrogen) atoms. The van der Waals surface area contributed by atoms with E-state index >= 15 is 0 Å². The van der Waals surface area contributed by atoms with E-state index in [-0.39, 0.29) is 23.7 Å². The molecular formula is C28H51N5O6. The lowest BCUT2D eigenvalue weighted by molar-refractivity contribution is -0.141. The smallest absolute Gasteiger partial charge is 0.408 e. The molecule has 0 aromatic heterocycles. The molecule has 0 radical (unpaired) electrons. The molecule has 5 amide bonds. The molecule has 0 spiro atoms. The maximum absolute atomic E-state index is 13.5. The van der Waals surface area contributed by atoms with Gasteiger partial charge in [-0.15, -0.1) is 0 Å². The predicted molar refractivity (Wildman–Crippen MR) is 149 cm³/mol. The van der Waals surface area contributed by atoms with Gasteiger partial charge in [-0.2, -0.15) is 0 Å². The van der Waals surface area contributed by atoms with Crippen molar-refractivity contribution in [3.63, 3.8) is 0 Å². The van der Waals surface area contributed by atoms with E-state index < -0.39 is 53.6 Å². The molecule has 1 saturated heterocycles. The number of nitrogens with one attached hydrogen (secondary N) is 3. The minimum atomic E-state index is -0.930. The molecular weight excluding hydrogens is 502 g/mol. The van der Waals surface area contributed by atoms with E-state index in [0.717, 1.165) is 0 Å². The maximum atomic E-state index is 13.5. The normalized spacial score (nSPS) is 18.1. The summed E-state index contributed by atoms with van der Waals surface area (Å²) in [6.07, 6.45) is 1.48. The lowest BCUT2D eigenvalue weighted by Crippen LogP contribution is -2.58. The van der Waals surface area contributed by atoms with Crippen LogP contribution in [0.2, 0.25) is 0 Å². The fraction of sp³-hybridized carbons (Fsp3) is 0.821. The number of alkyl carbamates (subject to hydrolysis) is 1. The first-order chi connectivity index (χ1) is 17.9. The number of nitrogens with two attached hydrogens (primary N) is 1. The van der Waals surface area contributed by atoms with E-state index in [1.807, 2.05) is 41.5 Å². The third-order valence-corrected chi connectivity index (χ3v) is 6.24. The van der Waals surface area contributed by atoms with Crippen LogP contribution in [-0.2, 0) is 23.9 Å². The summed E-state index contributed by atoms with van der Waals surface area (Å²) in [5.41, 5.74) is 4.78. The van der Waals surface area contributed by atoms with E-state index in [1.54, 1.807) is 20.8 Å². The van der Waals surface area contributed by atoms with Gasteiger partial charge in [0.15, 0.2) is 0 Å². The van der Waals surface area contributed by atoms with Crippen molar-refractivity contribution in [3.8, 4) is 0 Å². The SMILES string of the molecule is CC(C)C[C@H](NC(=O)[C@@H](CC(C)C)NC(=O)OC(C)(C)C)C(=O)N[C@@H](CC(C)C)C(=O)N1CCC[C@@H]1C(N)=O. The standard InChI is InChI=1S/C28H51N5O6/c1-16(2)13-19(30-25(36)20(14-17(3)4)32-27(38)39-28(7,8)9)24(35)31-21(15-18(5)6)26(37)33-12-10-11-22(33)23(29)34/h16-22H,10-15H2,1-9H3,(H2,29,34)(H,30,36)(H,31,35)(H,32,38)/t19-,20+,21-,22+/m0/s1. The lowest BCUT2D eigenvalue weighted by Gasteiger charge is -2.31. The van der Waals surface area contributed by atoms with Crippen LogP contribution in [0.25, 0.3) is 0 Å². The average Bonchev–Trinajstić information content (AvgIpc) is 3.25. The molecule has 4 atom stereocenters. The number of rotatable bonds is 13. The van der Waals surface area contributed by atoms with Crippen LogP contribution in [-0.4, -0.2) is 70.9 Å². The number of ether oxygens (including phenoxy) is 1. The summed E-state index contributed by atoms with van der Waals surface area (Å²) in [5, 5.41) is 8.26. The molecule has 1 heterocycles. The molecule has 0 bridgehead atoms. The molecule has 0 saturated carbocycles. The minimum absolute atomic E-state index is 0.0560. The van der Waals surface area contributed by atoms with Crippen LogP contribution in [0.5, 0.6) is 0 Å². The largest absolute Gasteiger partial charge is 0.444 e. The molecule has 0 unspecified atom stereocenters. The molecule has 5 N–H and O–H groups in total. The Morgan fingerprint density at radius 3 is 1.67 bits per heavy atom. The molecule has 1 aliphatic heterocycles. The molecule has 0 aromatic rings. The Labute approximate surface area is 233 Å². The second kappa shape index (κ2) is 15.1. The zero-order valence-corrected chi connectivity index (χ0v) is 25.3. The van der Waals surface area contributed by atoms with Crippen LogP contribution in [0.3, 0.4) is 0 Å². The summed E-state index contributed by atoms with van der Waals surface area (Å²) in [6.45, 7) is 17.2. The monoisotopic (exact) mass is 553 g/mol. The van der Waals surface area contributed by atoms with Crippen molar-refractivity contribution in [1.82, 2.24) is 20.9 Å². The van der Waals surface area contributed by atoms with Crippen molar-refractivity contribution >= 4 is 29.7 Å². The van der Waals surface area contributed by atoms with Gasteiger partial charge in [-0.1, -0.05) is 41.5 Å². The predicted octanol–water partition coefficient (Wildman–Crippen LogP) is 2.46. The van der Waals surface area contributed by atoms with Gasteiger partial charge in [0.2, 0.25) is 23.6 Å². The number of nitrogens with zero attached hydrogens (tertiary/aromatic N) is 1. The van der Waals surface area contributed by atoms with Crippen molar-refractivity contribution in [3.05, 3.63) is 0 Å². The number of hydrogen-bond donors (Lipinski definition) is 4. The van der Waals surface area contributed by atoms with Gasteiger partial charge < -0.3 is 31.3 Å². The van der Waals surface area contributed by atoms with E-state index in [2.05, 4.69) is 16.0 Å². The van der Waals surface area contributed by atoms with Gasteiger partial charge in [0, 0.05) is 6.54 Å². The third-order valence-electron chi connectivity index (χ3n) is 6.24. The van der Waals surface area contributed by atoms with Crippen molar-refractivity contribution in [2.45, 2.75) is 124 Å². The summed E-state index contributed by atoms with van der Waals surface area (Å²) in [7, 11) is 0. The highest BCUT2D eigenvalue weighted by Crippen LogP contribution is 2.20. The first-order valence-corrected chi connectivity index (χ1v) is 14.1. The van der Waals surface area contributed by atoms with Gasteiger partial charge in [0.1, 0.15) is 29.8 Å². The fourth-order valence-electron chi connectivity index (χ4n) is 4.62. The number of carbonyl (C=O) groups excluding carboxylic acids is 5. The highest BCUT2D eigenvalue weighted by atomic mass is 16.6. The second-order valence-electron chi connectivity index (χ2n) is 12.8. The van der Waals surface area contributed by atoms with Crippen molar-refractivity contribution in [2.75, 3.05) is 6.54 Å². The number of amides is 5. The molecule has 0 aliphatic carbocycles. The second-order valence-corrected chi connectivity index (χ2v) is 12.8. The average molecular weight is 554 g/mol. The number of hydrogen-bond acceptors (Lipinski definition) is 6. The fourth-order valence-corrected chi connectivity index (χ4v) is 4.62. The first kappa shape index (κ1) is 34.2. The maximum Gasteiger partial charge on any atom is 0.408 e. The Hall–Kier alpha value is -2.85. The molecule has 1 rings (SSSR count). The van der Waals surface area contributed by atoms with Crippen molar-refractivity contribution in [1.29, 1.82) is 0 Å².